The Bertz CT molecular complexity index is 551. The highest BCUT2D eigenvalue weighted by Gasteiger charge is 2.19. The summed E-state index contributed by atoms with van der Waals surface area (Å²) >= 11 is 3.63. The van der Waals surface area contributed by atoms with E-state index >= 15 is 0 Å². The molecule has 0 spiro atoms. The zero-order valence-corrected chi connectivity index (χ0v) is 12.1. The van der Waals surface area contributed by atoms with Gasteiger partial charge in [-0.15, -0.1) is 0 Å². The van der Waals surface area contributed by atoms with Crippen LogP contribution >= 0.6 is 15.9 Å². The molecule has 0 saturated carbocycles. The summed E-state index contributed by atoms with van der Waals surface area (Å²) in [6, 6.07) is 1.92. The molecule has 3 heterocycles. The smallest absolute Gasteiger partial charge is 0.234 e. The zero-order valence-electron chi connectivity index (χ0n) is 10.5. The third-order valence-corrected chi connectivity index (χ3v) is 4.37. The van der Waals surface area contributed by atoms with E-state index in [9.17, 15) is 0 Å². The lowest BCUT2D eigenvalue weighted by Gasteiger charge is -2.30. The summed E-state index contributed by atoms with van der Waals surface area (Å²) in [7, 11) is 0. The Labute approximate surface area is 115 Å². The van der Waals surface area contributed by atoms with Gasteiger partial charge in [-0.1, -0.05) is 6.92 Å². The first kappa shape index (κ1) is 12.1. The van der Waals surface area contributed by atoms with Crippen molar-refractivity contribution >= 4 is 21.7 Å². The molecule has 96 valence electrons. The van der Waals surface area contributed by atoms with Crippen LogP contribution in [-0.2, 0) is 6.54 Å². The van der Waals surface area contributed by atoms with Crippen LogP contribution in [0.2, 0.25) is 0 Å². The van der Waals surface area contributed by atoms with E-state index < -0.39 is 0 Å². The summed E-state index contributed by atoms with van der Waals surface area (Å²) in [5.41, 5.74) is 1.09. The predicted molar refractivity (Wildman–Crippen MR) is 74.4 cm³/mol. The molecule has 0 aliphatic carbocycles. The molecule has 1 aliphatic heterocycles. The Morgan fingerprint density at radius 2 is 2.39 bits per heavy atom. The van der Waals surface area contributed by atoms with Gasteiger partial charge in [0.15, 0.2) is 0 Å². The fourth-order valence-electron chi connectivity index (χ4n) is 2.65. The van der Waals surface area contributed by atoms with Crippen molar-refractivity contribution in [1.82, 2.24) is 19.3 Å². The number of aromatic nitrogens is 3. The molecule has 4 nitrogen and oxygen atoms in total. The van der Waals surface area contributed by atoms with Crippen molar-refractivity contribution in [3.8, 4) is 0 Å². The van der Waals surface area contributed by atoms with Crippen molar-refractivity contribution in [3.63, 3.8) is 0 Å². The third-order valence-electron chi connectivity index (χ3n) is 3.53. The molecule has 18 heavy (non-hydrogen) atoms. The highest BCUT2D eigenvalue weighted by molar-refractivity contribution is 9.10. The molecule has 1 atom stereocenters. The van der Waals surface area contributed by atoms with Crippen LogP contribution in [0.15, 0.2) is 23.1 Å². The molecule has 1 fully saturated rings. The molecule has 5 heteroatoms. The number of piperidine rings is 1. The fourth-order valence-corrected chi connectivity index (χ4v) is 3.14. The Hall–Kier alpha value is -0.940. The second-order valence-electron chi connectivity index (χ2n) is 5.12. The molecule has 0 radical (unpaired) electrons. The topological polar surface area (TPSA) is 33.4 Å². The van der Waals surface area contributed by atoms with E-state index in [1.807, 2.05) is 16.7 Å². The third kappa shape index (κ3) is 2.29. The maximum Gasteiger partial charge on any atom is 0.234 e. The minimum absolute atomic E-state index is 0.768. The van der Waals surface area contributed by atoms with Crippen molar-refractivity contribution in [2.45, 2.75) is 26.3 Å². The number of fused-ring (bicyclic) bond motifs is 1. The minimum atomic E-state index is 0.768. The second kappa shape index (κ2) is 4.97. The van der Waals surface area contributed by atoms with Crippen LogP contribution < -0.4 is 0 Å². The summed E-state index contributed by atoms with van der Waals surface area (Å²) in [4.78, 5) is 11.4. The molecule has 2 aromatic heterocycles. The summed E-state index contributed by atoms with van der Waals surface area (Å²) < 4.78 is 3.02. The molecule has 0 aromatic carbocycles. The van der Waals surface area contributed by atoms with Crippen molar-refractivity contribution in [2.75, 3.05) is 13.1 Å². The molecule has 2 aromatic rings. The van der Waals surface area contributed by atoms with Crippen molar-refractivity contribution < 1.29 is 0 Å². The number of rotatable bonds is 2. The van der Waals surface area contributed by atoms with Crippen LogP contribution in [0.1, 0.15) is 25.5 Å². The molecule has 1 unspecified atom stereocenters. The van der Waals surface area contributed by atoms with Gasteiger partial charge in [0.2, 0.25) is 5.78 Å². The zero-order chi connectivity index (χ0) is 12.5. The summed E-state index contributed by atoms with van der Waals surface area (Å²) in [5, 5.41) is 0. The Morgan fingerprint density at radius 3 is 3.17 bits per heavy atom. The van der Waals surface area contributed by atoms with Gasteiger partial charge in [0.05, 0.1) is 5.69 Å². The van der Waals surface area contributed by atoms with Gasteiger partial charge in [-0.2, -0.15) is 0 Å². The SMILES string of the molecule is CC1CCCN(Cc2nc3ncccn3c2Br)C1. The Morgan fingerprint density at radius 1 is 1.50 bits per heavy atom. The van der Waals surface area contributed by atoms with Gasteiger partial charge in [-0.3, -0.25) is 9.30 Å². The summed E-state index contributed by atoms with van der Waals surface area (Å²) in [6.45, 7) is 5.59. The van der Waals surface area contributed by atoms with Crippen molar-refractivity contribution in [2.24, 2.45) is 5.92 Å². The molecule has 0 amide bonds. The van der Waals surface area contributed by atoms with E-state index in [2.05, 4.69) is 37.7 Å². The quantitative estimate of drug-likeness (QED) is 0.855. The van der Waals surface area contributed by atoms with Crippen molar-refractivity contribution in [1.29, 1.82) is 0 Å². The van der Waals surface area contributed by atoms with E-state index in [0.29, 0.717) is 0 Å². The maximum absolute atomic E-state index is 4.59. The average molecular weight is 309 g/mol. The number of hydrogen-bond donors (Lipinski definition) is 0. The van der Waals surface area contributed by atoms with Gasteiger partial charge < -0.3 is 0 Å². The number of nitrogens with zero attached hydrogens (tertiary/aromatic N) is 4. The molecular formula is C13H17BrN4. The Balaban J connectivity index is 1.84. The fraction of sp³-hybridized carbons (Fsp3) is 0.538. The van der Waals surface area contributed by atoms with Crippen LogP contribution in [0.5, 0.6) is 0 Å². The van der Waals surface area contributed by atoms with E-state index in [0.717, 1.165) is 28.5 Å². The van der Waals surface area contributed by atoms with Gasteiger partial charge in [-0.05, 0) is 47.3 Å². The van der Waals surface area contributed by atoms with Gasteiger partial charge in [0.25, 0.3) is 0 Å². The Kier molecular flexibility index (Phi) is 3.35. The van der Waals surface area contributed by atoms with Gasteiger partial charge >= 0.3 is 0 Å². The standard InChI is InChI=1S/C13H17BrN4/c1-10-4-2-6-17(8-10)9-11-12(14)18-7-3-5-15-13(18)16-11/h3,5,7,10H,2,4,6,8-9H2,1H3. The van der Waals surface area contributed by atoms with Crippen LogP contribution in [0.4, 0.5) is 0 Å². The van der Waals surface area contributed by atoms with Gasteiger partial charge in [0.1, 0.15) is 4.60 Å². The number of halogens is 1. The lowest BCUT2D eigenvalue weighted by atomic mass is 10.0. The molecule has 3 rings (SSSR count). The molecule has 0 N–H and O–H groups in total. The highest BCUT2D eigenvalue weighted by Crippen LogP contribution is 2.22. The summed E-state index contributed by atoms with van der Waals surface area (Å²) in [6.07, 6.45) is 6.41. The van der Waals surface area contributed by atoms with Crippen LogP contribution in [-0.4, -0.2) is 32.4 Å². The predicted octanol–water partition coefficient (Wildman–Crippen LogP) is 2.72. The lowest BCUT2D eigenvalue weighted by molar-refractivity contribution is 0.175. The molecule has 0 bridgehead atoms. The second-order valence-corrected chi connectivity index (χ2v) is 5.87. The van der Waals surface area contributed by atoms with E-state index in [4.69, 9.17) is 0 Å². The van der Waals surface area contributed by atoms with Crippen LogP contribution in [0, 0.1) is 5.92 Å². The first-order valence-corrected chi connectivity index (χ1v) is 7.23. The number of hydrogen-bond acceptors (Lipinski definition) is 3. The number of likely N-dealkylation sites (tertiary alicyclic amines) is 1. The van der Waals surface area contributed by atoms with Crippen LogP contribution in [0.25, 0.3) is 5.78 Å². The minimum Gasteiger partial charge on any atom is -0.297 e. The normalized spacial score (nSPS) is 21.6. The molecule has 1 aliphatic rings. The van der Waals surface area contributed by atoms with Gasteiger partial charge in [0, 0.05) is 25.5 Å². The van der Waals surface area contributed by atoms with Crippen LogP contribution in [0.3, 0.4) is 0 Å². The first-order valence-electron chi connectivity index (χ1n) is 6.44. The van der Waals surface area contributed by atoms with E-state index in [-0.39, 0.29) is 0 Å². The summed E-state index contributed by atoms with van der Waals surface area (Å²) in [5.74, 6) is 1.57. The van der Waals surface area contributed by atoms with E-state index in [1.165, 1.54) is 25.9 Å². The maximum atomic E-state index is 4.59. The number of imidazole rings is 1. The molecule has 1 saturated heterocycles. The monoisotopic (exact) mass is 308 g/mol. The largest absolute Gasteiger partial charge is 0.297 e. The highest BCUT2D eigenvalue weighted by atomic mass is 79.9. The molecular weight excluding hydrogens is 292 g/mol. The lowest BCUT2D eigenvalue weighted by Crippen LogP contribution is -2.33. The van der Waals surface area contributed by atoms with Gasteiger partial charge in [-0.25, -0.2) is 9.97 Å². The van der Waals surface area contributed by atoms with Crippen molar-refractivity contribution in [3.05, 3.63) is 28.8 Å². The van der Waals surface area contributed by atoms with E-state index in [1.54, 1.807) is 6.20 Å². The average Bonchev–Trinajstić information content (AvgIpc) is 2.67. The first-order chi connectivity index (χ1) is 8.74.